The average molecular weight is 369 g/mol. The Morgan fingerprint density at radius 3 is 2.26 bits per heavy atom. The van der Waals surface area contributed by atoms with E-state index in [9.17, 15) is 4.79 Å². The normalized spacial score (nSPS) is 11.2. The number of nitrogens with one attached hydrogen (secondary N) is 1. The Hall–Kier alpha value is -3.40. The van der Waals surface area contributed by atoms with Gasteiger partial charge in [-0.3, -0.25) is 0 Å². The van der Waals surface area contributed by atoms with Crippen LogP contribution in [0.3, 0.4) is 0 Å². The minimum absolute atomic E-state index is 0.374. The Labute approximate surface area is 158 Å². The smallest absolute Gasteiger partial charge is 0.333 e. The van der Waals surface area contributed by atoms with Gasteiger partial charge < -0.3 is 25.3 Å². The number of anilines is 2. The molecular formula is C20H23N3O4. The van der Waals surface area contributed by atoms with E-state index in [1.165, 1.54) is 7.11 Å². The summed E-state index contributed by atoms with van der Waals surface area (Å²) in [5.41, 5.74) is 8.24. The molecule has 2 aromatic rings. The Morgan fingerprint density at radius 1 is 1.15 bits per heavy atom. The second-order valence-electron chi connectivity index (χ2n) is 5.58. The number of nitrogen functional groups attached to an aromatic ring is 1. The van der Waals surface area contributed by atoms with Gasteiger partial charge in [-0.25, -0.2) is 4.79 Å². The maximum Gasteiger partial charge on any atom is 0.333 e. The van der Waals surface area contributed by atoms with Crippen LogP contribution < -0.4 is 20.5 Å². The highest BCUT2D eigenvalue weighted by Crippen LogP contribution is 2.36. The summed E-state index contributed by atoms with van der Waals surface area (Å²) in [7, 11) is 1.31. The van der Waals surface area contributed by atoms with Crippen LogP contribution in [0.2, 0.25) is 0 Å². The summed E-state index contributed by atoms with van der Waals surface area (Å²) in [6.07, 6.45) is 0. The van der Waals surface area contributed by atoms with Crippen LogP contribution in [0.4, 0.5) is 11.4 Å². The SMILES string of the molecule is CCOc1cc(N)c(C(Nc2ccc(C#N)cc2)C(=O)OC)cc1OCC. The lowest BCUT2D eigenvalue weighted by Gasteiger charge is -2.22. The Morgan fingerprint density at radius 2 is 1.74 bits per heavy atom. The van der Waals surface area contributed by atoms with Crippen LogP contribution in [0.5, 0.6) is 11.5 Å². The predicted molar refractivity (Wildman–Crippen MR) is 103 cm³/mol. The maximum absolute atomic E-state index is 12.4. The van der Waals surface area contributed by atoms with Gasteiger partial charge in [0.1, 0.15) is 0 Å². The second-order valence-corrected chi connectivity index (χ2v) is 5.58. The standard InChI is InChI=1S/C20H23N3O4/c1-4-26-17-10-15(16(22)11-18(17)27-5-2)19(20(24)25-3)23-14-8-6-13(12-21)7-9-14/h6-11,19,23H,4-5,22H2,1-3H3. The van der Waals surface area contributed by atoms with Crippen LogP contribution in [0, 0.1) is 11.3 Å². The van der Waals surface area contributed by atoms with Gasteiger partial charge in [0.05, 0.1) is 32.0 Å². The molecule has 1 unspecified atom stereocenters. The molecule has 0 fully saturated rings. The number of nitrogens with two attached hydrogens (primary N) is 1. The summed E-state index contributed by atoms with van der Waals surface area (Å²) in [4.78, 5) is 12.4. The first-order chi connectivity index (χ1) is 13.0. The minimum Gasteiger partial charge on any atom is -0.490 e. The number of methoxy groups -OCH3 is 1. The molecule has 0 radical (unpaired) electrons. The topological polar surface area (TPSA) is 107 Å². The van der Waals surface area contributed by atoms with Crippen LogP contribution >= 0.6 is 0 Å². The second kappa shape index (κ2) is 9.34. The Bertz CT molecular complexity index is 828. The number of nitrogens with zero attached hydrogens (tertiary/aromatic N) is 1. The molecule has 7 heteroatoms. The average Bonchev–Trinajstić information content (AvgIpc) is 2.68. The minimum atomic E-state index is -0.849. The molecule has 0 saturated carbocycles. The summed E-state index contributed by atoms with van der Waals surface area (Å²) < 4.78 is 16.1. The van der Waals surface area contributed by atoms with Crippen molar-refractivity contribution in [2.45, 2.75) is 19.9 Å². The summed E-state index contributed by atoms with van der Waals surface area (Å²) in [6, 6.07) is 11.3. The van der Waals surface area contributed by atoms with Crippen molar-refractivity contribution in [3.63, 3.8) is 0 Å². The van der Waals surface area contributed by atoms with Crippen LogP contribution in [-0.2, 0) is 9.53 Å². The van der Waals surface area contributed by atoms with E-state index in [1.54, 1.807) is 36.4 Å². The number of esters is 1. The van der Waals surface area contributed by atoms with Crippen molar-refractivity contribution in [2.75, 3.05) is 31.4 Å². The first-order valence-electron chi connectivity index (χ1n) is 8.57. The van der Waals surface area contributed by atoms with Crippen LogP contribution in [0.15, 0.2) is 36.4 Å². The van der Waals surface area contributed by atoms with Gasteiger partial charge in [-0.05, 0) is 44.2 Å². The molecule has 0 heterocycles. The molecule has 0 aliphatic rings. The molecule has 142 valence electrons. The highest BCUT2D eigenvalue weighted by Gasteiger charge is 2.26. The third kappa shape index (κ3) is 4.82. The summed E-state index contributed by atoms with van der Waals surface area (Å²) in [5.74, 6) is 0.513. The summed E-state index contributed by atoms with van der Waals surface area (Å²) in [5, 5.41) is 12.0. The third-order valence-electron chi connectivity index (χ3n) is 3.82. The number of hydrogen-bond acceptors (Lipinski definition) is 7. The predicted octanol–water partition coefficient (Wildman–Crippen LogP) is 3.26. The maximum atomic E-state index is 12.4. The molecule has 0 bridgehead atoms. The lowest BCUT2D eigenvalue weighted by atomic mass is 10.0. The zero-order chi connectivity index (χ0) is 19.8. The lowest BCUT2D eigenvalue weighted by Crippen LogP contribution is -2.23. The largest absolute Gasteiger partial charge is 0.490 e. The molecule has 0 aliphatic heterocycles. The van der Waals surface area contributed by atoms with E-state index in [0.717, 1.165) is 0 Å². The molecular weight excluding hydrogens is 346 g/mol. The van der Waals surface area contributed by atoms with Gasteiger partial charge in [-0.2, -0.15) is 5.26 Å². The summed E-state index contributed by atoms with van der Waals surface area (Å²) >= 11 is 0. The van der Waals surface area contributed by atoms with Gasteiger partial charge in [0.15, 0.2) is 17.5 Å². The molecule has 1 atom stereocenters. The lowest BCUT2D eigenvalue weighted by molar-refractivity contribution is -0.141. The Kier molecular flexibility index (Phi) is 6.89. The number of ether oxygens (including phenoxy) is 3. The molecule has 0 aliphatic carbocycles. The molecule has 2 rings (SSSR count). The number of rotatable bonds is 8. The first kappa shape index (κ1) is 19.9. The number of carbonyl (C=O) groups is 1. The molecule has 27 heavy (non-hydrogen) atoms. The van der Waals surface area contributed by atoms with Crippen LogP contribution in [0.1, 0.15) is 31.0 Å². The molecule has 7 nitrogen and oxygen atoms in total. The Balaban J connectivity index is 2.44. The van der Waals surface area contributed by atoms with Gasteiger partial charge in [0.2, 0.25) is 0 Å². The zero-order valence-electron chi connectivity index (χ0n) is 15.6. The van der Waals surface area contributed by atoms with Crippen LogP contribution in [0.25, 0.3) is 0 Å². The van der Waals surface area contributed by atoms with E-state index in [4.69, 9.17) is 25.2 Å². The highest BCUT2D eigenvalue weighted by molar-refractivity contribution is 5.84. The quantitative estimate of drug-likeness (QED) is 0.543. The van der Waals surface area contributed by atoms with Crippen molar-refractivity contribution < 1.29 is 19.0 Å². The molecule has 0 aromatic heterocycles. The van der Waals surface area contributed by atoms with E-state index in [1.807, 2.05) is 13.8 Å². The van der Waals surface area contributed by atoms with Gasteiger partial charge >= 0.3 is 5.97 Å². The van der Waals surface area contributed by atoms with Crippen molar-refractivity contribution in [3.05, 3.63) is 47.5 Å². The van der Waals surface area contributed by atoms with Crippen molar-refractivity contribution in [1.29, 1.82) is 5.26 Å². The molecule has 0 spiro atoms. The summed E-state index contributed by atoms with van der Waals surface area (Å²) in [6.45, 7) is 4.63. The molecule has 2 aromatic carbocycles. The van der Waals surface area contributed by atoms with E-state index < -0.39 is 12.0 Å². The van der Waals surface area contributed by atoms with E-state index in [-0.39, 0.29) is 0 Å². The van der Waals surface area contributed by atoms with E-state index in [2.05, 4.69) is 11.4 Å². The number of nitriles is 1. The fraction of sp³-hybridized carbons (Fsp3) is 0.300. The highest BCUT2D eigenvalue weighted by atomic mass is 16.5. The first-order valence-corrected chi connectivity index (χ1v) is 8.57. The number of hydrogen-bond donors (Lipinski definition) is 2. The van der Waals surface area contributed by atoms with E-state index in [0.29, 0.717) is 47.2 Å². The van der Waals surface area contributed by atoms with Gasteiger partial charge in [-0.1, -0.05) is 0 Å². The molecule has 3 N–H and O–H groups in total. The van der Waals surface area contributed by atoms with Gasteiger partial charge in [0, 0.05) is 23.0 Å². The monoisotopic (exact) mass is 369 g/mol. The van der Waals surface area contributed by atoms with Gasteiger partial charge in [0.25, 0.3) is 0 Å². The van der Waals surface area contributed by atoms with Crippen LogP contribution in [-0.4, -0.2) is 26.3 Å². The number of benzene rings is 2. The third-order valence-corrected chi connectivity index (χ3v) is 3.82. The van der Waals surface area contributed by atoms with E-state index >= 15 is 0 Å². The van der Waals surface area contributed by atoms with Crippen molar-refractivity contribution in [3.8, 4) is 17.6 Å². The van der Waals surface area contributed by atoms with Gasteiger partial charge in [-0.15, -0.1) is 0 Å². The molecule has 0 saturated heterocycles. The fourth-order valence-corrected chi connectivity index (χ4v) is 2.57. The zero-order valence-corrected chi connectivity index (χ0v) is 15.6. The van der Waals surface area contributed by atoms with Crippen molar-refractivity contribution in [1.82, 2.24) is 0 Å². The fourth-order valence-electron chi connectivity index (χ4n) is 2.57. The molecule has 0 amide bonds. The van der Waals surface area contributed by atoms with Crippen molar-refractivity contribution in [2.24, 2.45) is 0 Å². The van der Waals surface area contributed by atoms with Crippen molar-refractivity contribution >= 4 is 17.3 Å². The number of carbonyl (C=O) groups excluding carboxylic acids is 1.